The van der Waals surface area contributed by atoms with Crippen LogP contribution in [0.4, 0.5) is 10.1 Å². The summed E-state index contributed by atoms with van der Waals surface area (Å²) in [6, 6.07) is 6.75. The fourth-order valence-corrected chi connectivity index (χ4v) is 3.16. The van der Waals surface area contributed by atoms with Crippen molar-refractivity contribution in [2.45, 2.75) is 37.8 Å². The first-order chi connectivity index (χ1) is 10.2. The molecule has 0 atom stereocenters. The summed E-state index contributed by atoms with van der Waals surface area (Å²) in [5.41, 5.74) is 0.948. The lowest BCUT2D eigenvalue weighted by Gasteiger charge is -2.44. The van der Waals surface area contributed by atoms with Crippen molar-refractivity contribution in [3.05, 3.63) is 24.0 Å². The first kappa shape index (κ1) is 13.3. The van der Waals surface area contributed by atoms with Crippen LogP contribution in [0.1, 0.15) is 25.7 Å². The largest absolute Gasteiger partial charge is 0.494 e. The molecule has 3 aliphatic rings. The van der Waals surface area contributed by atoms with Crippen LogP contribution in [0.5, 0.6) is 5.75 Å². The van der Waals surface area contributed by atoms with Gasteiger partial charge in [0.15, 0.2) is 11.6 Å². The van der Waals surface area contributed by atoms with Crippen LogP contribution in [0.25, 0.3) is 0 Å². The van der Waals surface area contributed by atoms with Gasteiger partial charge in [-0.3, -0.25) is 9.80 Å². The van der Waals surface area contributed by atoms with Gasteiger partial charge in [0, 0.05) is 23.8 Å². The molecule has 0 amide bonds. The molecule has 2 aliphatic carbocycles. The van der Waals surface area contributed by atoms with Gasteiger partial charge >= 0.3 is 0 Å². The lowest BCUT2D eigenvalue weighted by Crippen LogP contribution is -2.56. The average Bonchev–Trinajstić information content (AvgIpc) is 3.40. The van der Waals surface area contributed by atoms with E-state index in [0.717, 1.165) is 37.8 Å². The SMILES string of the molecule is COc1ccc(N2CN(C3CC3)CN(C3CC3)C2)cc1F. The Hall–Kier alpha value is -1.33. The number of anilines is 1. The number of rotatable bonds is 4. The lowest BCUT2D eigenvalue weighted by atomic mass is 10.2. The van der Waals surface area contributed by atoms with E-state index in [0.29, 0.717) is 5.75 Å². The first-order valence-electron chi connectivity index (χ1n) is 7.81. The van der Waals surface area contributed by atoms with E-state index in [1.54, 1.807) is 12.1 Å². The normalized spacial score (nSPS) is 24.4. The van der Waals surface area contributed by atoms with Gasteiger partial charge in [-0.1, -0.05) is 0 Å². The molecule has 1 saturated heterocycles. The van der Waals surface area contributed by atoms with E-state index >= 15 is 0 Å². The molecule has 1 heterocycles. The summed E-state index contributed by atoms with van der Waals surface area (Å²) in [6.45, 7) is 2.88. The molecule has 1 aliphatic heterocycles. The lowest BCUT2D eigenvalue weighted by molar-refractivity contribution is 0.0755. The number of nitrogens with zero attached hydrogens (tertiary/aromatic N) is 3. The van der Waals surface area contributed by atoms with E-state index in [2.05, 4.69) is 14.7 Å². The highest BCUT2D eigenvalue weighted by atomic mass is 19.1. The standard InChI is InChI=1S/C16H22FN3O/c1-21-16-7-6-14(8-15(16)17)20-10-18(12-2-3-12)9-19(11-20)13-4-5-13/h6-8,12-13H,2-5,9-11H2,1H3. The molecular formula is C16H22FN3O. The van der Waals surface area contributed by atoms with Crippen molar-refractivity contribution in [1.29, 1.82) is 0 Å². The molecule has 4 nitrogen and oxygen atoms in total. The molecule has 2 saturated carbocycles. The van der Waals surface area contributed by atoms with Crippen molar-refractivity contribution in [2.24, 2.45) is 0 Å². The van der Waals surface area contributed by atoms with Crippen LogP contribution in [-0.4, -0.2) is 49.0 Å². The van der Waals surface area contributed by atoms with E-state index in [4.69, 9.17) is 4.74 Å². The van der Waals surface area contributed by atoms with Gasteiger partial charge in [0.05, 0.1) is 27.1 Å². The number of ether oxygens (including phenoxy) is 1. The highest BCUT2D eigenvalue weighted by Crippen LogP contribution is 2.35. The van der Waals surface area contributed by atoms with Crippen LogP contribution in [0.3, 0.4) is 0 Å². The molecule has 21 heavy (non-hydrogen) atoms. The van der Waals surface area contributed by atoms with Gasteiger partial charge in [-0.05, 0) is 37.8 Å². The van der Waals surface area contributed by atoms with Gasteiger partial charge in [-0.2, -0.15) is 0 Å². The van der Waals surface area contributed by atoms with Gasteiger partial charge in [0.2, 0.25) is 0 Å². The molecule has 1 aromatic rings. The zero-order chi connectivity index (χ0) is 14.4. The molecule has 1 aromatic carbocycles. The Balaban J connectivity index is 1.55. The molecule has 0 bridgehead atoms. The number of hydrogen-bond acceptors (Lipinski definition) is 4. The Morgan fingerprint density at radius 2 is 1.62 bits per heavy atom. The molecule has 0 spiro atoms. The van der Waals surface area contributed by atoms with Gasteiger partial charge in [0.25, 0.3) is 0 Å². The maximum atomic E-state index is 14.0. The van der Waals surface area contributed by atoms with Gasteiger partial charge in [-0.15, -0.1) is 0 Å². The van der Waals surface area contributed by atoms with Crippen LogP contribution >= 0.6 is 0 Å². The van der Waals surface area contributed by atoms with Crippen molar-refractivity contribution in [2.75, 3.05) is 32.0 Å². The summed E-state index contributed by atoms with van der Waals surface area (Å²) < 4.78 is 19.0. The predicted octanol–water partition coefficient (Wildman–Crippen LogP) is 2.46. The van der Waals surface area contributed by atoms with Crippen LogP contribution in [-0.2, 0) is 0 Å². The minimum Gasteiger partial charge on any atom is -0.494 e. The molecule has 114 valence electrons. The Labute approximate surface area is 125 Å². The molecule has 0 unspecified atom stereocenters. The molecule has 3 fully saturated rings. The average molecular weight is 291 g/mol. The Kier molecular flexibility index (Phi) is 3.27. The molecule has 0 aromatic heterocycles. The zero-order valence-corrected chi connectivity index (χ0v) is 12.5. The van der Waals surface area contributed by atoms with Crippen molar-refractivity contribution >= 4 is 5.69 Å². The monoisotopic (exact) mass is 291 g/mol. The second-order valence-electron chi connectivity index (χ2n) is 6.42. The van der Waals surface area contributed by atoms with Gasteiger partial charge in [-0.25, -0.2) is 4.39 Å². The quantitative estimate of drug-likeness (QED) is 0.848. The van der Waals surface area contributed by atoms with Crippen LogP contribution < -0.4 is 9.64 Å². The van der Waals surface area contributed by atoms with E-state index in [-0.39, 0.29) is 5.82 Å². The number of halogens is 1. The highest BCUT2D eigenvalue weighted by molar-refractivity contribution is 5.50. The summed E-state index contributed by atoms with van der Waals surface area (Å²) in [6.07, 6.45) is 5.24. The summed E-state index contributed by atoms with van der Waals surface area (Å²) in [5, 5.41) is 0. The number of benzene rings is 1. The molecule has 0 N–H and O–H groups in total. The van der Waals surface area contributed by atoms with Gasteiger partial charge < -0.3 is 9.64 Å². The Morgan fingerprint density at radius 3 is 2.10 bits per heavy atom. The molecule has 4 rings (SSSR count). The van der Waals surface area contributed by atoms with E-state index in [1.807, 2.05) is 6.07 Å². The van der Waals surface area contributed by atoms with Crippen molar-refractivity contribution in [1.82, 2.24) is 9.80 Å². The summed E-state index contributed by atoms with van der Waals surface area (Å²) >= 11 is 0. The third kappa shape index (κ3) is 2.72. The maximum Gasteiger partial charge on any atom is 0.167 e. The second-order valence-corrected chi connectivity index (χ2v) is 6.42. The van der Waals surface area contributed by atoms with E-state index in [9.17, 15) is 4.39 Å². The van der Waals surface area contributed by atoms with E-state index < -0.39 is 0 Å². The number of methoxy groups -OCH3 is 1. The first-order valence-corrected chi connectivity index (χ1v) is 7.81. The second kappa shape index (κ2) is 5.14. The zero-order valence-electron chi connectivity index (χ0n) is 12.5. The van der Waals surface area contributed by atoms with E-state index in [1.165, 1.54) is 32.8 Å². The smallest absolute Gasteiger partial charge is 0.167 e. The third-order valence-corrected chi connectivity index (χ3v) is 4.70. The third-order valence-electron chi connectivity index (χ3n) is 4.70. The minimum atomic E-state index is -0.281. The highest BCUT2D eigenvalue weighted by Gasteiger charge is 2.39. The van der Waals surface area contributed by atoms with Gasteiger partial charge in [0.1, 0.15) is 0 Å². The topological polar surface area (TPSA) is 19.0 Å². The maximum absolute atomic E-state index is 14.0. The predicted molar refractivity (Wildman–Crippen MR) is 79.8 cm³/mol. The van der Waals surface area contributed by atoms with Crippen molar-refractivity contribution in [3.8, 4) is 5.75 Å². The molecule has 5 heteroatoms. The fraction of sp³-hybridized carbons (Fsp3) is 0.625. The van der Waals surface area contributed by atoms with Crippen LogP contribution in [0.15, 0.2) is 18.2 Å². The summed E-state index contributed by atoms with van der Waals surface area (Å²) in [7, 11) is 1.50. The fourth-order valence-electron chi connectivity index (χ4n) is 3.16. The van der Waals surface area contributed by atoms with Crippen molar-refractivity contribution in [3.63, 3.8) is 0 Å². The van der Waals surface area contributed by atoms with Crippen molar-refractivity contribution < 1.29 is 9.13 Å². The summed E-state index contributed by atoms with van der Waals surface area (Å²) in [4.78, 5) is 7.34. The molecule has 0 radical (unpaired) electrons. The van der Waals surface area contributed by atoms with Crippen LogP contribution in [0, 0.1) is 5.82 Å². The Morgan fingerprint density at radius 1 is 1.00 bits per heavy atom. The molecular weight excluding hydrogens is 269 g/mol. The number of hydrogen-bond donors (Lipinski definition) is 0. The summed E-state index contributed by atoms with van der Waals surface area (Å²) in [5.74, 6) is 0.0328. The Bertz CT molecular complexity index is 510. The van der Waals surface area contributed by atoms with Crippen LogP contribution in [0.2, 0.25) is 0 Å². The minimum absolute atomic E-state index is 0.281.